The second kappa shape index (κ2) is 9.84. The molecule has 1 aliphatic heterocycles. The molecule has 1 aliphatic carbocycles. The summed E-state index contributed by atoms with van der Waals surface area (Å²) in [4.78, 5) is 33.5. The number of carbonyl (C=O) groups excluding carboxylic acids is 1. The number of hydrogen-bond acceptors (Lipinski definition) is 10. The van der Waals surface area contributed by atoms with Gasteiger partial charge in [-0.25, -0.2) is 15.0 Å². The van der Waals surface area contributed by atoms with E-state index in [2.05, 4.69) is 24.8 Å². The molecule has 0 spiro atoms. The Morgan fingerprint density at radius 1 is 1.24 bits per heavy atom. The third-order valence-electron chi connectivity index (χ3n) is 6.09. The molecule has 3 N–H and O–H groups in total. The fraction of sp³-hybridized carbons (Fsp3) is 0.591. The van der Waals surface area contributed by atoms with Crippen molar-refractivity contribution in [1.82, 2.24) is 24.8 Å². The van der Waals surface area contributed by atoms with Crippen LogP contribution < -0.4 is 15.4 Å². The van der Waals surface area contributed by atoms with Crippen LogP contribution in [0.2, 0.25) is 0 Å². The molecule has 1 amide bonds. The normalized spacial score (nSPS) is 21.4. The van der Waals surface area contributed by atoms with E-state index in [1.54, 1.807) is 30.4 Å². The zero-order chi connectivity index (χ0) is 23.5. The zero-order valence-electron chi connectivity index (χ0n) is 19.2. The SMILES string of the molecule is CC(C)[C@H](O)C(=O)N(C)C1CC(Oc2cc(-c3cnc(N)nc3)nc(N3CCOCC3)n2)C1. The van der Waals surface area contributed by atoms with Crippen molar-refractivity contribution in [2.24, 2.45) is 5.92 Å². The molecular formula is C22H31N7O4. The topological polar surface area (TPSA) is 140 Å². The first-order chi connectivity index (χ1) is 15.8. The van der Waals surface area contributed by atoms with E-state index in [-0.39, 0.29) is 29.9 Å². The lowest BCUT2D eigenvalue weighted by atomic mass is 9.87. The van der Waals surface area contributed by atoms with E-state index >= 15 is 0 Å². The summed E-state index contributed by atoms with van der Waals surface area (Å²) in [5, 5.41) is 10.1. The predicted molar refractivity (Wildman–Crippen MR) is 122 cm³/mol. The Labute approximate surface area is 193 Å². The van der Waals surface area contributed by atoms with Crippen molar-refractivity contribution in [3.05, 3.63) is 18.5 Å². The van der Waals surface area contributed by atoms with Gasteiger partial charge >= 0.3 is 0 Å². The second-order valence-electron chi connectivity index (χ2n) is 8.82. The van der Waals surface area contributed by atoms with Crippen LogP contribution >= 0.6 is 0 Å². The summed E-state index contributed by atoms with van der Waals surface area (Å²) in [7, 11) is 1.73. The van der Waals surface area contributed by atoms with Crippen LogP contribution in [-0.2, 0) is 9.53 Å². The molecule has 0 bridgehead atoms. The highest BCUT2D eigenvalue weighted by Gasteiger charge is 2.38. The summed E-state index contributed by atoms with van der Waals surface area (Å²) in [6.07, 6.45) is 3.52. The number of likely N-dealkylation sites (N-methyl/N-ethyl adjacent to an activating group) is 1. The summed E-state index contributed by atoms with van der Waals surface area (Å²) < 4.78 is 11.6. The monoisotopic (exact) mass is 457 g/mol. The van der Waals surface area contributed by atoms with Crippen LogP contribution in [-0.4, -0.2) is 87.5 Å². The first-order valence-corrected chi connectivity index (χ1v) is 11.2. The lowest BCUT2D eigenvalue weighted by molar-refractivity contribution is -0.146. The van der Waals surface area contributed by atoms with E-state index in [1.807, 2.05) is 13.8 Å². The lowest BCUT2D eigenvalue weighted by Crippen LogP contribution is -2.53. The van der Waals surface area contributed by atoms with Crippen LogP contribution in [0, 0.1) is 5.92 Å². The van der Waals surface area contributed by atoms with Gasteiger partial charge in [-0.05, 0) is 5.92 Å². The molecule has 11 nitrogen and oxygen atoms in total. The Morgan fingerprint density at radius 2 is 1.91 bits per heavy atom. The standard InChI is InChI=1S/C22H31N7O4/c1-13(2)19(30)20(31)28(3)15-8-16(9-15)33-18-10-17(14-11-24-21(23)25-12-14)26-22(27-18)29-4-6-32-7-5-29/h10-13,15-16,19,30H,4-9H2,1-3H3,(H2,23,24,25)/t15?,16?,19-/m0/s1. The fourth-order valence-corrected chi connectivity index (χ4v) is 3.79. The molecule has 11 heteroatoms. The second-order valence-corrected chi connectivity index (χ2v) is 8.82. The van der Waals surface area contributed by atoms with E-state index in [4.69, 9.17) is 15.2 Å². The quantitative estimate of drug-likeness (QED) is 0.612. The van der Waals surface area contributed by atoms with Crippen molar-refractivity contribution in [1.29, 1.82) is 0 Å². The molecule has 2 aromatic rings. The Morgan fingerprint density at radius 3 is 2.55 bits per heavy atom. The van der Waals surface area contributed by atoms with E-state index < -0.39 is 6.10 Å². The number of anilines is 2. The number of aliphatic hydroxyl groups is 1. The van der Waals surface area contributed by atoms with Gasteiger partial charge in [0, 0.05) is 63.0 Å². The largest absolute Gasteiger partial charge is 0.474 e. The van der Waals surface area contributed by atoms with Gasteiger partial charge in [0.05, 0.1) is 18.9 Å². The Bertz CT molecular complexity index is 960. The number of aliphatic hydroxyl groups excluding tert-OH is 1. The Hall–Kier alpha value is -3.05. The average Bonchev–Trinajstić information content (AvgIpc) is 2.80. The molecule has 2 aliphatic rings. The maximum absolute atomic E-state index is 12.4. The molecule has 1 atom stereocenters. The van der Waals surface area contributed by atoms with Crippen LogP contribution in [0.3, 0.4) is 0 Å². The Kier molecular flexibility index (Phi) is 6.89. The number of aromatic nitrogens is 4. The maximum atomic E-state index is 12.4. The summed E-state index contributed by atoms with van der Waals surface area (Å²) in [5.41, 5.74) is 6.98. The molecule has 2 fully saturated rings. The van der Waals surface area contributed by atoms with Gasteiger partial charge in [-0.2, -0.15) is 4.98 Å². The first kappa shape index (κ1) is 23.1. The zero-order valence-corrected chi connectivity index (χ0v) is 19.2. The van der Waals surface area contributed by atoms with Crippen molar-refractivity contribution in [2.75, 3.05) is 44.0 Å². The van der Waals surface area contributed by atoms with E-state index in [0.29, 0.717) is 62.2 Å². The molecule has 33 heavy (non-hydrogen) atoms. The van der Waals surface area contributed by atoms with Crippen LogP contribution in [0.4, 0.5) is 11.9 Å². The number of hydrogen-bond donors (Lipinski definition) is 2. The van der Waals surface area contributed by atoms with Crippen LogP contribution in [0.25, 0.3) is 11.3 Å². The molecule has 4 rings (SSSR count). The van der Waals surface area contributed by atoms with E-state index in [9.17, 15) is 9.90 Å². The van der Waals surface area contributed by atoms with Gasteiger partial charge in [0.2, 0.25) is 17.8 Å². The number of carbonyl (C=O) groups is 1. The highest BCUT2D eigenvalue weighted by molar-refractivity contribution is 5.81. The third kappa shape index (κ3) is 5.31. The minimum absolute atomic E-state index is 0.0291. The molecule has 2 aromatic heterocycles. The highest BCUT2D eigenvalue weighted by atomic mass is 16.5. The van der Waals surface area contributed by atoms with Crippen molar-refractivity contribution in [3.63, 3.8) is 0 Å². The predicted octanol–water partition coefficient (Wildman–Crippen LogP) is 0.738. The van der Waals surface area contributed by atoms with Crippen molar-refractivity contribution >= 4 is 17.8 Å². The number of rotatable bonds is 7. The van der Waals surface area contributed by atoms with E-state index in [0.717, 1.165) is 0 Å². The summed E-state index contributed by atoms with van der Waals surface area (Å²) in [6, 6.07) is 1.80. The number of morpholine rings is 1. The van der Waals surface area contributed by atoms with Crippen molar-refractivity contribution < 1.29 is 19.4 Å². The van der Waals surface area contributed by atoms with Crippen molar-refractivity contribution in [2.45, 2.75) is 44.9 Å². The summed E-state index contributed by atoms with van der Waals surface area (Å²) in [6.45, 7) is 6.26. The first-order valence-electron chi connectivity index (χ1n) is 11.2. The van der Waals surface area contributed by atoms with Crippen LogP contribution in [0.1, 0.15) is 26.7 Å². The van der Waals surface area contributed by atoms with E-state index in [1.165, 1.54) is 0 Å². The molecule has 1 saturated carbocycles. The molecule has 1 saturated heterocycles. The number of nitrogen functional groups attached to an aromatic ring is 1. The average molecular weight is 458 g/mol. The minimum Gasteiger partial charge on any atom is -0.474 e. The van der Waals surface area contributed by atoms with Gasteiger partial charge in [-0.1, -0.05) is 13.8 Å². The van der Waals surface area contributed by atoms with Crippen LogP contribution in [0.5, 0.6) is 5.88 Å². The number of amides is 1. The van der Waals surface area contributed by atoms with Gasteiger partial charge in [0.25, 0.3) is 5.91 Å². The molecule has 0 radical (unpaired) electrons. The Balaban J connectivity index is 1.47. The minimum atomic E-state index is -0.988. The molecule has 0 unspecified atom stereocenters. The highest BCUT2D eigenvalue weighted by Crippen LogP contribution is 2.31. The summed E-state index contributed by atoms with van der Waals surface area (Å²) >= 11 is 0. The molecule has 3 heterocycles. The van der Waals surface area contributed by atoms with Gasteiger partial charge in [-0.3, -0.25) is 4.79 Å². The van der Waals surface area contributed by atoms with Crippen LogP contribution in [0.15, 0.2) is 18.5 Å². The van der Waals surface area contributed by atoms with Gasteiger partial charge < -0.3 is 30.1 Å². The maximum Gasteiger partial charge on any atom is 0.251 e. The number of nitrogens with zero attached hydrogens (tertiary/aromatic N) is 6. The van der Waals surface area contributed by atoms with Gasteiger partial charge in [-0.15, -0.1) is 0 Å². The smallest absolute Gasteiger partial charge is 0.251 e. The lowest BCUT2D eigenvalue weighted by Gasteiger charge is -2.41. The third-order valence-corrected chi connectivity index (χ3v) is 6.09. The summed E-state index contributed by atoms with van der Waals surface area (Å²) in [5.74, 6) is 0.835. The number of nitrogens with two attached hydrogens (primary N) is 1. The molecular weight excluding hydrogens is 426 g/mol. The molecule has 178 valence electrons. The van der Waals surface area contributed by atoms with Gasteiger partial charge in [0.15, 0.2) is 0 Å². The number of ether oxygens (including phenoxy) is 2. The fourth-order valence-electron chi connectivity index (χ4n) is 3.79. The van der Waals surface area contributed by atoms with Gasteiger partial charge in [0.1, 0.15) is 12.2 Å². The van der Waals surface area contributed by atoms with Crippen molar-refractivity contribution in [3.8, 4) is 17.1 Å². The molecule has 0 aromatic carbocycles.